The second kappa shape index (κ2) is 6.39. The highest BCUT2D eigenvalue weighted by Crippen LogP contribution is 2.07. The lowest BCUT2D eigenvalue weighted by atomic mass is 10.2. The molecule has 0 aliphatic heterocycles. The molecule has 0 aromatic carbocycles. The van der Waals surface area contributed by atoms with Gasteiger partial charge in [-0.15, -0.1) is 0 Å². The van der Waals surface area contributed by atoms with Crippen LogP contribution in [-0.4, -0.2) is 40.1 Å². The number of carbonyl (C=O) groups excluding carboxylic acids is 1. The van der Waals surface area contributed by atoms with E-state index in [1.807, 2.05) is 38.7 Å². The molecule has 0 spiro atoms. The van der Waals surface area contributed by atoms with Crippen LogP contribution in [0, 0.1) is 0 Å². The van der Waals surface area contributed by atoms with Crippen molar-refractivity contribution in [2.75, 3.05) is 13.7 Å². The molecule has 0 amide bonds. The third-order valence-corrected chi connectivity index (χ3v) is 2.83. The zero-order chi connectivity index (χ0) is 12.8. The van der Waals surface area contributed by atoms with Crippen molar-refractivity contribution < 1.29 is 9.53 Å². The number of ether oxygens (including phenoxy) is 1. The molecule has 5 heteroatoms. The summed E-state index contributed by atoms with van der Waals surface area (Å²) in [6.45, 7) is 5.00. The fraction of sp³-hybridized carbons (Fsp3) is 0.667. The number of imidazole rings is 1. The Bertz CT molecular complexity index is 362. The van der Waals surface area contributed by atoms with Gasteiger partial charge in [0.25, 0.3) is 0 Å². The van der Waals surface area contributed by atoms with E-state index in [1.165, 1.54) is 0 Å². The fourth-order valence-corrected chi connectivity index (χ4v) is 1.54. The lowest BCUT2D eigenvalue weighted by Crippen LogP contribution is -2.32. The van der Waals surface area contributed by atoms with Crippen LogP contribution in [0.2, 0.25) is 0 Å². The van der Waals surface area contributed by atoms with E-state index in [0.717, 1.165) is 12.4 Å². The normalized spacial score (nSPS) is 12.8. The molecule has 1 aromatic heterocycles. The van der Waals surface area contributed by atoms with Gasteiger partial charge in [0.2, 0.25) is 0 Å². The predicted molar refractivity (Wildman–Crippen MR) is 65.4 cm³/mol. The van der Waals surface area contributed by atoms with Gasteiger partial charge < -0.3 is 9.30 Å². The topological polar surface area (TPSA) is 47.4 Å². The van der Waals surface area contributed by atoms with Crippen LogP contribution in [0.25, 0.3) is 0 Å². The molecule has 1 aromatic rings. The van der Waals surface area contributed by atoms with Crippen molar-refractivity contribution in [3.05, 3.63) is 18.2 Å². The first-order chi connectivity index (χ1) is 8.04. The van der Waals surface area contributed by atoms with Crippen molar-refractivity contribution in [2.45, 2.75) is 32.9 Å². The molecule has 1 unspecified atom stereocenters. The van der Waals surface area contributed by atoms with Crippen LogP contribution in [0.5, 0.6) is 0 Å². The number of hydrogen-bond acceptors (Lipinski definition) is 4. The van der Waals surface area contributed by atoms with Crippen molar-refractivity contribution in [1.29, 1.82) is 0 Å². The lowest BCUT2D eigenvalue weighted by Gasteiger charge is -2.23. The highest BCUT2D eigenvalue weighted by molar-refractivity contribution is 5.69. The third kappa shape index (κ3) is 4.19. The van der Waals surface area contributed by atoms with Gasteiger partial charge in [-0.3, -0.25) is 9.69 Å². The molecule has 17 heavy (non-hydrogen) atoms. The highest BCUT2D eigenvalue weighted by atomic mass is 16.5. The number of esters is 1. The van der Waals surface area contributed by atoms with E-state index in [4.69, 9.17) is 4.74 Å². The van der Waals surface area contributed by atoms with E-state index < -0.39 is 0 Å². The summed E-state index contributed by atoms with van der Waals surface area (Å²) in [5.41, 5.74) is 0. The van der Waals surface area contributed by atoms with Gasteiger partial charge in [-0.2, -0.15) is 0 Å². The third-order valence-electron chi connectivity index (χ3n) is 2.83. The molecule has 1 atom stereocenters. The van der Waals surface area contributed by atoms with Gasteiger partial charge in [-0.1, -0.05) is 0 Å². The number of rotatable bonds is 6. The highest BCUT2D eigenvalue weighted by Gasteiger charge is 2.15. The van der Waals surface area contributed by atoms with Gasteiger partial charge in [0.15, 0.2) is 0 Å². The van der Waals surface area contributed by atoms with Crippen molar-refractivity contribution in [3.63, 3.8) is 0 Å². The van der Waals surface area contributed by atoms with E-state index >= 15 is 0 Å². The average Bonchev–Trinajstić information content (AvgIpc) is 2.64. The molecule has 1 rings (SSSR count). The molecule has 0 saturated heterocycles. The predicted octanol–water partition coefficient (Wildman–Crippen LogP) is 1.19. The zero-order valence-electron chi connectivity index (χ0n) is 11.0. The van der Waals surface area contributed by atoms with Crippen LogP contribution in [0.4, 0.5) is 0 Å². The molecule has 0 bridgehead atoms. The van der Waals surface area contributed by atoms with Crippen LogP contribution in [0.1, 0.15) is 26.1 Å². The van der Waals surface area contributed by atoms with Gasteiger partial charge in [0, 0.05) is 25.5 Å². The number of nitrogens with zero attached hydrogens (tertiary/aromatic N) is 3. The zero-order valence-corrected chi connectivity index (χ0v) is 11.0. The number of aryl methyl sites for hydroxylation is 1. The summed E-state index contributed by atoms with van der Waals surface area (Å²) in [7, 11) is 3.95. The van der Waals surface area contributed by atoms with Gasteiger partial charge in [0.1, 0.15) is 5.82 Å². The quantitative estimate of drug-likeness (QED) is 0.700. The maximum Gasteiger partial charge on any atom is 0.307 e. The van der Waals surface area contributed by atoms with Gasteiger partial charge in [-0.25, -0.2) is 4.98 Å². The molecule has 0 aliphatic carbocycles. The van der Waals surface area contributed by atoms with E-state index in [1.54, 1.807) is 6.20 Å². The molecular weight excluding hydrogens is 218 g/mol. The van der Waals surface area contributed by atoms with Crippen LogP contribution in [-0.2, 0) is 23.1 Å². The summed E-state index contributed by atoms with van der Waals surface area (Å²) < 4.78 is 6.91. The second-order valence-corrected chi connectivity index (χ2v) is 4.23. The molecule has 96 valence electrons. The smallest absolute Gasteiger partial charge is 0.307 e. The van der Waals surface area contributed by atoms with Gasteiger partial charge in [-0.05, 0) is 20.9 Å². The van der Waals surface area contributed by atoms with Gasteiger partial charge in [0.05, 0.1) is 19.6 Å². The first-order valence-corrected chi connectivity index (χ1v) is 5.86. The maximum absolute atomic E-state index is 11.4. The van der Waals surface area contributed by atoms with Gasteiger partial charge >= 0.3 is 5.97 Å². The SMILES string of the molecule is CCOC(=O)CC(C)N(C)Cc1nccn1C. The summed E-state index contributed by atoms with van der Waals surface area (Å²) in [5, 5.41) is 0. The molecular formula is C12H21N3O2. The number of hydrogen-bond donors (Lipinski definition) is 0. The second-order valence-electron chi connectivity index (χ2n) is 4.23. The summed E-state index contributed by atoms with van der Waals surface area (Å²) in [6.07, 6.45) is 4.10. The van der Waals surface area contributed by atoms with Crippen LogP contribution in [0.3, 0.4) is 0 Å². The monoisotopic (exact) mass is 239 g/mol. The molecule has 1 heterocycles. The lowest BCUT2D eigenvalue weighted by molar-refractivity contribution is -0.144. The fourth-order valence-electron chi connectivity index (χ4n) is 1.54. The van der Waals surface area contributed by atoms with Crippen molar-refractivity contribution in [1.82, 2.24) is 14.5 Å². The first-order valence-electron chi connectivity index (χ1n) is 5.86. The molecule has 0 aliphatic rings. The summed E-state index contributed by atoms with van der Waals surface area (Å²) >= 11 is 0. The van der Waals surface area contributed by atoms with E-state index in [9.17, 15) is 4.79 Å². The minimum absolute atomic E-state index is 0.144. The summed E-state index contributed by atoms with van der Waals surface area (Å²) in [5.74, 6) is 0.842. The summed E-state index contributed by atoms with van der Waals surface area (Å²) in [6, 6.07) is 0.144. The average molecular weight is 239 g/mol. The van der Waals surface area contributed by atoms with E-state index in [0.29, 0.717) is 13.0 Å². The Morgan fingerprint density at radius 3 is 2.88 bits per heavy atom. The largest absolute Gasteiger partial charge is 0.466 e. The van der Waals surface area contributed by atoms with Crippen molar-refractivity contribution >= 4 is 5.97 Å². The van der Waals surface area contributed by atoms with Crippen molar-refractivity contribution in [2.24, 2.45) is 7.05 Å². The van der Waals surface area contributed by atoms with Crippen molar-refractivity contribution in [3.8, 4) is 0 Å². The van der Waals surface area contributed by atoms with E-state index in [-0.39, 0.29) is 12.0 Å². The minimum Gasteiger partial charge on any atom is -0.466 e. The van der Waals surface area contributed by atoms with Crippen LogP contribution >= 0.6 is 0 Å². The standard InChI is InChI=1S/C12H21N3O2/c1-5-17-12(16)8-10(2)15(4)9-11-13-6-7-14(11)3/h6-7,10H,5,8-9H2,1-4H3. The Morgan fingerprint density at radius 2 is 2.35 bits per heavy atom. The molecule has 0 N–H and O–H groups in total. The van der Waals surface area contributed by atoms with Crippen LogP contribution < -0.4 is 0 Å². The van der Waals surface area contributed by atoms with E-state index in [2.05, 4.69) is 9.88 Å². The summed E-state index contributed by atoms with van der Waals surface area (Å²) in [4.78, 5) is 17.7. The first kappa shape index (κ1) is 13.7. The molecule has 0 saturated carbocycles. The number of carbonyl (C=O) groups is 1. The molecule has 5 nitrogen and oxygen atoms in total. The number of aromatic nitrogens is 2. The molecule has 0 radical (unpaired) electrons. The Kier molecular flexibility index (Phi) is 5.15. The Morgan fingerprint density at radius 1 is 1.65 bits per heavy atom. The maximum atomic E-state index is 11.4. The Hall–Kier alpha value is -1.36. The Balaban J connectivity index is 2.44. The Labute approximate surface area is 102 Å². The van der Waals surface area contributed by atoms with Crippen LogP contribution in [0.15, 0.2) is 12.4 Å². The molecule has 0 fully saturated rings. The minimum atomic E-state index is -0.147.